The number of aliphatic hydroxyl groups is 1. The number of nitrogens with two attached hydrogens (primary N) is 1. The van der Waals surface area contributed by atoms with E-state index >= 15 is 0 Å². The van der Waals surface area contributed by atoms with Crippen LogP contribution in [0.3, 0.4) is 0 Å². The van der Waals surface area contributed by atoms with Crippen molar-refractivity contribution in [1.82, 2.24) is 0 Å². The van der Waals surface area contributed by atoms with Crippen molar-refractivity contribution in [2.75, 3.05) is 13.7 Å². The number of ketones is 1. The Balaban J connectivity index is 1.31. The average molecular weight is 601 g/mol. The number of methoxy groups -OCH3 is 1. The predicted molar refractivity (Wildman–Crippen MR) is 156 cm³/mol. The summed E-state index contributed by atoms with van der Waals surface area (Å²) in [6, 6.07) is 17.3. The van der Waals surface area contributed by atoms with Crippen molar-refractivity contribution in [3.63, 3.8) is 0 Å². The standard InChI is InChI=1S/C31H28Cl3NO5/c1-39-30(37)19-5-2-4-18(12-19)20-14-31(38,15-20)23-11-10-21(13-26(23)34)40-16-22(29(36)17-8-9-17)28(35)27-24(32)6-3-7-25(27)33/h2-7,10-13,17,20,38H,8-9,14-16,35H2,1H3. The highest BCUT2D eigenvalue weighted by Gasteiger charge is 2.45. The van der Waals surface area contributed by atoms with Crippen LogP contribution >= 0.6 is 34.8 Å². The summed E-state index contributed by atoms with van der Waals surface area (Å²) in [4.78, 5) is 25.0. The number of rotatable bonds is 9. The Hall–Kier alpha value is -3.03. The second-order valence-electron chi connectivity index (χ2n) is 10.3. The number of esters is 1. The molecule has 0 unspecified atom stereocenters. The second kappa shape index (κ2) is 11.5. The van der Waals surface area contributed by atoms with Crippen molar-refractivity contribution in [3.05, 3.63) is 104 Å². The first-order chi connectivity index (χ1) is 19.1. The van der Waals surface area contributed by atoms with Crippen LogP contribution in [-0.2, 0) is 15.1 Å². The number of halogens is 3. The van der Waals surface area contributed by atoms with E-state index in [0.717, 1.165) is 18.4 Å². The van der Waals surface area contributed by atoms with E-state index in [1.165, 1.54) is 7.11 Å². The third-order valence-electron chi connectivity index (χ3n) is 7.58. The summed E-state index contributed by atoms with van der Waals surface area (Å²) >= 11 is 19.3. The molecule has 5 rings (SSSR count). The maximum atomic E-state index is 13.1. The fourth-order valence-corrected chi connectivity index (χ4v) is 6.09. The van der Waals surface area contributed by atoms with Crippen LogP contribution < -0.4 is 10.5 Å². The van der Waals surface area contributed by atoms with Crippen LogP contribution in [0.25, 0.3) is 5.70 Å². The third kappa shape index (κ3) is 5.72. The molecule has 0 heterocycles. The van der Waals surface area contributed by atoms with Gasteiger partial charge in [0.1, 0.15) is 12.4 Å². The lowest BCUT2D eigenvalue weighted by molar-refractivity contribution is -0.116. The van der Waals surface area contributed by atoms with Crippen molar-refractivity contribution in [2.24, 2.45) is 11.7 Å². The molecule has 0 saturated heterocycles. The average Bonchev–Trinajstić information content (AvgIpc) is 3.77. The molecule has 0 spiro atoms. The molecule has 40 heavy (non-hydrogen) atoms. The van der Waals surface area contributed by atoms with Crippen LogP contribution in [0, 0.1) is 5.92 Å². The van der Waals surface area contributed by atoms with E-state index in [1.807, 2.05) is 6.07 Å². The lowest BCUT2D eigenvalue weighted by atomic mass is 9.65. The van der Waals surface area contributed by atoms with Crippen molar-refractivity contribution in [1.29, 1.82) is 0 Å². The molecular weight excluding hydrogens is 573 g/mol. The summed E-state index contributed by atoms with van der Waals surface area (Å²) in [7, 11) is 1.35. The Labute approximate surface area is 247 Å². The first-order valence-electron chi connectivity index (χ1n) is 12.9. The molecule has 2 aliphatic carbocycles. The fourth-order valence-electron chi connectivity index (χ4n) is 5.15. The molecule has 0 bridgehead atoms. The summed E-state index contributed by atoms with van der Waals surface area (Å²) in [5.41, 5.74) is 8.26. The zero-order chi connectivity index (χ0) is 28.6. The summed E-state index contributed by atoms with van der Waals surface area (Å²) in [6.07, 6.45) is 2.52. The molecule has 3 N–H and O–H groups in total. The van der Waals surface area contributed by atoms with Crippen LogP contribution in [0.1, 0.15) is 58.6 Å². The fraction of sp³-hybridized carbons (Fsp3) is 0.290. The predicted octanol–water partition coefficient (Wildman–Crippen LogP) is 6.93. The molecule has 2 fully saturated rings. The van der Waals surface area contributed by atoms with Gasteiger partial charge in [-0.25, -0.2) is 4.79 Å². The summed E-state index contributed by atoms with van der Waals surface area (Å²) in [5, 5.41) is 12.4. The molecule has 3 aromatic carbocycles. The van der Waals surface area contributed by atoms with Crippen LogP contribution in [0.15, 0.2) is 66.2 Å². The lowest BCUT2D eigenvalue weighted by Crippen LogP contribution is -2.40. The van der Waals surface area contributed by atoms with Gasteiger partial charge < -0.3 is 20.3 Å². The monoisotopic (exact) mass is 599 g/mol. The van der Waals surface area contributed by atoms with Gasteiger partial charge in [-0.05, 0) is 73.6 Å². The van der Waals surface area contributed by atoms with E-state index in [4.69, 9.17) is 50.0 Å². The lowest BCUT2D eigenvalue weighted by Gasteiger charge is -2.44. The molecule has 0 aromatic heterocycles. The van der Waals surface area contributed by atoms with E-state index in [-0.39, 0.29) is 29.9 Å². The second-order valence-corrected chi connectivity index (χ2v) is 11.5. The number of ether oxygens (including phenoxy) is 2. The Morgan fingerprint density at radius 3 is 2.27 bits per heavy atom. The normalized spacial score (nSPS) is 20.8. The highest BCUT2D eigenvalue weighted by atomic mass is 35.5. The molecule has 0 aliphatic heterocycles. The zero-order valence-corrected chi connectivity index (χ0v) is 24.0. The van der Waals surface area contributed by atoms with Gasteiger partial charge in [-0.15, -0.1) is 0 Å². The number of Topliss-reactive ketones (excluding diaryl/α,β-unsaturated/α-hetero) is 1. The van der Waals surface area contributed by atoms with Gasteiger partial charge in [0.2, 0.25) is 0 Å². The van der Waals surface area contributed by atoms with E-state index in [0.29, 0.717) is 55.9 Å². The molecule has 0 amide bonds. The number of carbonyl (C=O) groups is 2. The Bertz CT molecular complexity index is 1490. The Morgan fingerprint density at radius 2 is 1.65 bits per heavy atom. The van der Waals surface area contributed by atoms with Crippen LogP contribution in [0.2, 0.25) is 15.1 Å². The largest absolute Gasteiger partial charge is 0.489 e. The first kappa shape index (κ1) is 28.5. The minimum Gasteiger partial charge on any atom is -0.489 e. The maximum Gasteiger partial charge on any atom is 0.337 e. The zero-order valence-electron chi connectivity index (χ0n) is 21.8. The molecule has 0 radical (unpaired) electrons. The molecule has 6 nitrogen and oxygen atoms in total. The first-order valence-corrected chi connectivity index (χ1v) is 14.1. The van der Waals surface area contributed by atoms with E-state index in [9.17, 15) is 14.7 Å². The molecule has 2 aliphatic rings. The van der Waals surface area contributed by atoms with Crippen LogP contribution in [-0.4, -0.2) is 30.6 Å². The van der Waals surface area contributed by atoms with Crippen molar-refractivity contribution in [2.45, 2.75) is 37.2 Å². The van der Waals surface area contributed by atoms with Gasteiger partial charge >= 0.3 is 5.97 Å². The van der Waals surface area contributed by atoms with E-state index in [2.05, 4.69) is 0 Å². The molecule has 2 saturated carbocycles. The maximum absolute atomic E-state index is 13.1. The summed E-state index contributed by atoms with van der Waals surface area (Å²) in [5.74, 6) is -0.0649. The SMILES string of the molecule is COC(=O)c1cccc(C2CC(O)(c3ccc(OCC(C(=O)C4CC4)=C(N)c4c(Cl)cccc4Cl)cc3Cl)C2)c1. The minimum atomic E-state index is -1.11. The van der Waals surface area contributed by atoms with Crippen molar-refractivity contribution < 1.29 is 24.2 Å². The minimum absolute atomic E-state index is 0.0716. The number of carbonyl (C=O) groups excluding carboxylic acids is 2. The van der Waals surface area contributed by atoms with Gasteiger partial charge in [-0.2, -0.15) is 0 Å². The molecule has 0 atom stereocenters. The third-order valence-corrected chi connectivity index (χ3v) is 8.52. The molecule has 208 valence electrons. The highest BCUT2D eigenvalue weighted by Crippen LogP contribution is 2.52. The van der Waals surface area contributed by atoms with E-state index < -0.39 is 11.6 Å². The Morgan fingerprint density at radius 1 is 0.975 bits per heavy atom. The molecule has 9 heteroatoms. The smallest absolute Gasteiger partial charge is 0.337 e. The van der Waals surface area contributed by atoms with Gasteiger partial charge in [0.25, 0.3) is 0 Å². The summed E-state index contributed by atoms with van der Waals surface area (Å²) in [6.45, 7) is -0.0821. The van der Waals surface area contributed by atoms with Gasteiger partial charge in [-0.3, -0.25) is 4.79 Å². The van der Waals surface area contributed by atoms with Crippen molar-refractivity contribution >= 4 is 52.3 Å². The highest BCUT2D eigenvalue weighted by molar-refractivity contribution is 6.37. The molecular formula is C31H28Cl3NO5. The Kier molecular flexibility index (Phi) is 8.16. The topological polar surface area (TPSA) is 98.9 Å². The van der Waals surface area contributed by atoms with Gasteiger partial charge in [0.05, 0.1) is 44.6 Å². The molecule has 3 aromatic rings. The number of hydrogen-bond acceptors (Lipinski definition) is 6. The van der Waals surface area contributed by atoms with Gasteiger partial charge in [-0.1, -0.05) is 59.1 Å². The van der Waals surface area contributed by atoms with Gasteiger partial charge in [0.15, 0.2) is 5.78 Å². The van der Waals surface area contributed by atoms with E-state index in [1.54, 1.807) is 54.6 Å². The van der Waals surface area contributed by atoms with Gasteiger partial charge in [0, 0.05) is 17.0 Å². The van der Waals surface area contributed by atoms with Crippen LogP contribution in [0.4, 0.5) is 0 Å². The number of benzene rings is 3. The van der Waals surface area contributed by atoms with Crippen molar-refractivity contribution in [3.8, 4) is 5.75 Å². The quantitative estimate of drug-likeness (QED) is 0.204. The van der Waals surface area contributed by atoms with Crippen LogP contribution in [0.5, 0.6) is 5.75 Å². The summed E-state index contributed by atoms with van der Waals surface area (Å²) < 4.78 is 10.8. The number of hydrogen-bond donors (Lipinski definition) is 2.